The SMILES string of the molecule is CC.CN=C(C)/C=C(/C)c1cccc(OC(F)(F)F)c1. The molecule has 20 heavy (non-hydrogen) atoms. The van der Waals surface area contributed by atoms with Gasteiger partial charge in [0.15, 0.2) is 0 Å². The fraction of sp³-hybridized carbons (Fsp3) is 0.400. The predicted molar refractivity (Wildman–Crippen MR) is 77.2 cm³/mol. The Morgan fingerprint density at radius 2 is 1.80 bits per heavy atom. The van der Waals surface area contributed by atoms with E-state index >= 15 is 0 Å². The molecule has 0 N–H and O–H groups in total. The summed E-state index contributed by atoms with van der Waals surface area (Å²) in [6.45, 7) is 7.63. The molecular formula is C15H20F3NO. The highest BCUT2D eigenvalue weighted by Gasteiger charge is 2.31. The smallest absolute Gasteiger partial charge is 0.406 e. The first-order chi connectivity index (χ1) is 9.31. The Morgan fingerprint density at radius 3 is 2.30 bits per heavy atom. The Kier molecular flexibility index (Phi) is 7.65. The molecule has 0 fully saturated rings. The molecule has 2 nitrogen and oxygen atoms in total. The normalized spacial score (nSPS) is 12.6. The number of allylic oxidation sites excluding steroid dienone is 2. The Bertz CT molecular complexity index is 476. The molecule has 0 aliphatic rings. The van der Waals surface area contributed by atoms with Crippen molar-refractivity contribution in [3.63, 3.8) is 0 Å². The minimum atomic E-state index is -4.67. The van der Waals surface area contributed by atoms with Crippen LogP contribution in [-0.2, 0) is 0 Å². The van der Waals surface area contributed by atoms with E-state index in [1.807, 2.05) is 20.8 Å². The van der Waals surface area contributed by atoms with Gasteiger partial charge in [-0.2, -0.15) is 0 Å². The lowest BCUT2D eigenvalue weighted by atomic mass is 10.1. The summed E-state index contributed by atoms with van der Waals surface area (Å²) in [5.74, 6) is -0.223. The zero-order chi connectivity index (χ0) is 15.8. The Labute approximate surface area is 118 Å². The van der Waals surface area contributed by atoms with Crippen LogP contribution in [0.2, 0.25) is 0 Å². The van der Waals surface area contributed by atoms with Gasteiger partial charge in [-0.3, -0.25) is 4.99 Å². The molecule has 0 radical (unpaired) electrons. The lowest BCUT2D eigenvalue weighted by molar-refractivity contribution is -0.274. The van der Waals surface area contributed by atoms with E-state index in [-0.39, 0.29) is 5.75 Å². The van der Waals surface area contributed by atoms with Crippen molar-refractivity contribution in [1.29, 1.82) is 0 Å². The summed E-state index contributed by atoms with van der Waals surface area (Å²) in [7, 11) is 1.66. The highest BCUT2D eigenvalue weighted by Crippen LogP contribution is 2.25. The van der Waals surface area contributed by atoms with Gasteiger partial charge in [0.1, 0.15) is 5.75 Å². The van der Waals surface area contributed by atoms with Gasteiger partial charge in [0, 0.05) is 12.8 Å². The maximum atomic E-state index is 12.1. The molecule has 0 unspecified atom stereocenters. The second kappa shape index (κ2) is 8.40. The molecule has 0 spiro atoms. The van der Waals surface area contributed by atoms with Crippen LogP contribution in [0.5, 0.6) is 5.75 Å². The Morgan fingerprint density at radius 1 is 1.20 bits per heavy atom. The van der Waals surface area contributed by atoms with Gasteiger partial charge < -0.3 is 4.74 Å². The molecule has 0 aromatic heterocycles. The van der Waals surface area contributed by atoms with E-state index in [0.29, 0.717) is 5.56 Å². The van der Waals surface area contributed by atoms with Crippen molar-refractivity contribution < 1.29 is 17.9 Å². The quantitative estimate of drug-likeness (QED) is 0.708. The minimum Gasteiger partial charge on any atom is -0.406 e. The monoisotopic (exact) mass is 287 g/mol. The Hall–Kier alpha value is -1.78. The maximum Gasteiger partial charge on any atom is 0.573 e. The van der Waals surface area contributed by atoms with Crippen molar-refractivity contribution in [3.05, 3.63) is 35.9 Å². The third kappa shape index (κ3) is 6.97. The number of benzene rings is 1. The number of nitrogens with zero attached hydrogens (tertiary/aromatic N) is 1. The van der Waals surface area contributed by atoms with E-state index in [4.69, 9.17) is 0 Å². The molecule has 0 amide bonds. The summed E-state index contributed by atoms with van der Waals surface area (Å²) in [5.41, 5.74) is 2.29. The summed E-state index contributed by atoms with van der Waals surface area (Å²) in [4.78, 5) is 3.96. The summed E-state index contributed by atoms with van der Waals surface area (Å²) in [6, 6.07) is 5.86. The van der Waals surface area contributed by atoms with Gasteiger partial charge in [0.25, 0.3) is 0 Å². The van der Waals surface area contributed by atoms with Crippen LogP contribution in [0.25, 0.3) is 5.57 Å². The molecule has 1 aromatic carbocycles. The van der Waals surface area contributed by atoms with Crippen LogP contribution < -0.4 is 4.74 Å². The van der Waals surface area contributed by atoms with Crippen molar-refractivity contribution in [2.75, 3.05) is 7.05 Å². The standard InChI is InChI=1S/C13H14F3NO.C2H6/c1-9(7-10(2)17-3)11-5-4-6-12(8-11)18-13(14,15)16;1-2/h4-8H,1-3H3;1-2H3/b9-7-,17-10?;. The average molecular weight is 287 g/mol. The van der Waals surface area contributed by atoms with Gasteiger partial charge in [-0.1, -0.05) is 26.0 Å². The molecule has 5 heteroatoms. The fourth-order valence-electron chi connectivity index (χ4n) is 1.40. The topological polar surface area (TPSA) is 21.6 Å². The van der Waals surface area contributed by atoms with Gasteiger partial charge >= 0.3 is 6.36 Å². The van der Waals surface area contributed by atoms with Gasteiger partial charge in [-0.05, 0) is 43.2 Å². The molecule has 0 atom stereocenters. The number of aliphatic imine (C=N–C) groups is 1. The van der Waals surface area contributed by atoms with Crippen LogP contribution in [0, 0.1) is 0 Å². The number of rotatable bonds is 3. The number of hydrogen-bond acceptors (Lipinski definition) is 2. The molecule has 1 rings (SSSR count). The third-order valence-electron chi connectivity index (χ3n) is 2.30. The van der Waals surface area contributed by atoms with Gasteiger partial charge in [-0.25, -0.2) is 0 Å². The molecule has 0 heterocycles. The zero-order valence-corrected chi connectivity index (χ0v) is 12.4. The zero-order valence-electron chi connectivity index (χ0n) is 12.4. The van der Waals surface area contributed by atoms with Crippen LogP contribution in [0.3, 0.4) is 0 Å². The van der Waals surface area contributed by atoms with Crippen LogP contribution in [0.4, 0.5) is 13.2 Å². The summed E-state index contributed by atoms with van der Waals surface area (Å²) >= 11 is 0. The first kappa shape index (κ1) is 18.2. The van der Waals surface area contributed by atoms with Crippen molar-refractivity contribution in [2.24, 2.45) is 4.99 Å². The third-order valence-corrected chi connectivity index (χ3v) is 2.30. The van der Waals surface area contributed by atoms with Gasteiger partial charge in [0.05, 0.1) is 0 Å². The average Bonchev–Trinajstić information content (AvgIpc) is 2.39. The van der Waals surface area contributed by atoms with Crippen LogP contribution in [0.15, 0.2) is 35.3 Å². The van der Waals surface area contributed by atoms with E-state index in [1.54, 1.807) is 26.1 Å². The summed E-state index contributed by atoms with van der Waals surface area (Å²) < 4.78 is 40.1. The van der Waals surface area contributed by atoms with E-state index in [9.17, 15) is 13.2 Å². The van der Waals surface area contributed by atoms with Crippen molar-refractivity contribution >= 4 is 11.3 Å². The van der Waals surface area contributed by atoms with E-state index in [0.717, 1.165) is 11.3 Å². The fourth-order valence-corrected chi connectivity index (χ4v) is 1.40. The molecule has 0 saturated carbocycles. The largest absolute Gasteiger partial charge is 0.573 e. The van der Waals surface area contributed by atoms with Crippen LogP contribution >= 0.6 is 0 Å². The van der Waals surface area contributed by atoms with Gasteiger partial charge in [0.2, 0.25) is 0 Å². The minimum absolute atomic E-state index is 0.223. The first-order valence-electron chi connectivity index (χ1n) is 6.29. The molecule has 0 aliphatic heterocycles. The molecular weight excluding hydrogens is 267 g/mol. The second-order valence-electron chi connectivity index (χ2n) is 3.77. The van der Waals surface area contributed by atoms with Crippen molar-refractivity contribution in [3.8, 4) is 5.75 Å². The van der Waals surface area contributed by atoms with Crippen molar-refractivity contribution in [1.82, 2.24) is 0 Å². The van der Waals surface area contributed by atoms with E-state index < -0.39 is 6.36 Å². The highest BCUT2D eigenvalue weighted by molar-refractivity contribution is 5.98. The lowest BCUT2D eigenvalue weighted by Gasteiger charge is -2.10. The number of ether oxygens (including phenoxy) is 1. The highest BCUT2D eigenvalue weighted by atomic mass is 19.4. The predicted octanol–water partition coefficient (Wildman–Crippen LogP) is 5.11. The number of halogens is 3. The molecule has 1 aromatic rings. The summed E-state index contributed by atoms with van der Waals surface area (Å²) in [5, 5.41) is 0. The van der Waals surface area contributed by atoms with E-state index in [2.05, 4.69) is 9.73 Å². The van der Waals surface area contributed by atoms with E-state index in [1.165, 1.54) is 18.2 Å². The molecule has 0 aliphatic carbocycles. The number of hydrogen-bond donors (Lipinski definition) is 0. The first-order valence-corrected chi connectivity index (χ1v) is 6.29. The molecule has 0 saturated heterocycles. The van der Waals surface area contributed by atoms with Crippen LogP contribution in [0.1, 0.15) is 33.3 Å². The molecule has 0 bridgehead atoms. The van der Waals surface area contributed by atoms with Crippen LogP contribution in [-0.4, -0.2) is 19.1 Å². The maximum absolute atomic E-state index is 12.1. The number of alkyl halides is 3. The molecule has 112 valence electrons. The summed E-state index contributed by atoms with van der Waals surface area (Å²) in [6.07, 6.45) is -2.87. The van der Waals surface area contributed by atoms with Crippen molar-refractivity contribution in [2.45, 2.75) is 34.1 Å². The second-order valence-corrected chi connectivity index (χ2v) is 3.77. The Balaban J connectivity index is 0.00000172. The van der Waals surface area contributed by atoms with Gasteiger partial charge in [-0.15, -0.1) is 13.2 Å². The lowest BCUT2D eigenvalue weighted by Crippen LogP contribution is -2.17.